The van der Waals surface area contributed by atoms with Gasteiger partial charge in [-0.1, -0.05) is 6.07 Å². The third-order valence-corrected chi connectivity index (χ3v) is 3.07. The summed E-state index contributed by atoms with van der Waals surface area (Å²) in [6.45, 7) is 3.63. The van der Waals surface area contributed by atoms with Gasteiger partial charge in [0.1, 0.15) is 17.4 Å². The first kappa shape index (κ1) is 14.2. The van der Waals surface area contributed by atoms with Crippen molar-refractivity contribution >= 4 is 5.78 Å². The van der Waals surface area contributed by atoms with Gasteiger partial charge < -0.3 is 4.74 Å². The summed E-state index contributed by atoms with van der Waals surface area (Å²) in [6, 6.07) is 6.43. The van der Waals surface area contributed by atoms with E-state index in [9.17, 15) is 13.6 Å². The highest BCUT2D eigenvalue weighted by Gasteiger charge is 2.20. The Morgan fingerprint density at radius 1 is 1.10 bits per heavy atom. The topological polar surface area (TPSA) is 26.3 Å². The predicted molar refractivity (Wildman–Crippen MR) is 72.3 cm³/mol. The summed E-state index contributed by atoms with van der Waals surface area (Å²) in [7, 11) is 1.45. The van der Waals surface area contributed by atoms with Crippen LogP contribution in [0.25, 0.3) is 0 Å². The smallest absolute Gasteiger partial charge is 0.199 e. The fraction of sp³-hybridized carbons (Fsp3) is 0.188. The van der Waals surface area contributed by atoms with E-state index in [1.165, 1.54) is 7.11 Å². The highest BCUT2D eigenvalue weighted by atomic mass is 19.1. The maximum absolute atomic E-state index is 13.7. The molecule has 2 rings (SSSR count). The molecule has 0 bridgehead atoms. The van der Waals surface area contributed by atoms with Crippen LogP contribution in [0.15, 0.2) is 30.3 Å². The Kier molecular flexibility index (Phi) is 3.84. The molecule has 104 valence electrons. The van der Waals surface area contributed by atoms with Gasteiger partial charge >= 0.3 is 0 Å². The molecule has 0 N–H and O–H groups in total. The van der Waals surface area contributed by atoms with Crippen LogP contribution in [0.4, 0.5) is 8.78 Å². The summed E-state index contributed by atoms with van der Waals surface area (Å²) in [5, 5.41) is 0. The molecule has 2 aromatic carbocycles. The molecular formula is C16H14F2O2. The van der Waals surface area contributed by atoms with Crippen LogP contribution in [-0.4, -0.2) is 12.9 Å². The summed E-state index contributed by atoms with van der Waals surface area (Å²) in [6.07, 6.45) is 0. The average molecular weight is 276 g/mol. The summed E-state index contributed by atoms with van der Waals surface area (Å²) in [5.74, 6) is -1.73. The van der Waals surface area contributed by atoms with Gasteiger partial charge in [0.25, 0.3) is 0 Å². The lowest BCUT2D eigenvalue weighted by molar-refractivity contribution is 0.103. The number of carbonyl (C=O) groups excluding carboxylic acids is 1. The number of aryl methyl sites for hydroxylation is 2. The molecule has 0 heterocycles. The number of rotatable bonds is 3. The van der Waals surface area contributed by atoms with Crippen molar-refractivity contribution in [3.8, 4) is 5.75 Å². The van der Waals surface area contributed by atoms with Gasteiger partial charge in [-0.25, -0.2) is 8.78 Å². The molecular weight excluding hydrogens is 262 g/mol. The number of hydrogen-bond acceptors (Lipinski definition) is 2. The molecule has 0 aliphatic carbocycles. The Hall–Kier alpha value is -2.23. The minimum absolute atomic E-state index is 0.170. The van der Waals surface area contributed by atoms with Gasteiger partial charge in [0, 0.05) is 6.07 Å². The zero-order valence-corrected chi connectivity index (χ0v) is 11.5. The zero-order valence-electron chi connectivity index (χ0n) is 11.5. The lowest BCUT2D eigenvalue weighted by Crippen LogP contribution is -2.09. The van der Waals surface area contributed by atoms with Crippen molar-refractivity contribution in [2.45, 2.75) is 13.8 Å². The van der Waals surface area contributed by atoms with Crippen LogP contribution in [0, 0.1) is 25.5 Å². The molecule has 0 aromatic heterocycles. The van der Waals surface area contributed by atoms with Crippen LogP contribution in [0.3, 0.4) is 0 Å². The molecule has 0 fully saturated rings. The fourth-order valence-electron chi connectivity index (χ4n) is 2.19. The summed E-state index contributed by atoms with van der Waals surface area (Å²) >= 11 is 0. The molecule has 0 atom stereocenters. The first-order valence-electron chi connectivity index (χ1n) is 6.09. The Bertz CT molecular complexity index is 678. The average Bonchev–Trinajstić information content (AvgIpc) is 2.37. The van der Waals surface area contributed by atoms with E-state index in [2.05, 4.69) is 0 Å². The van der Waals surface area contributed by atoms with Crippen LogP contribution in [0.5, 0.6) is 5.75 Å². The van der Waals surface area contributed by atoms with Crippen LogP contribution in [0.1, 0.15) is 27.0 Å². The van der Waals surface area contributed by atoms with Gasteiger partial charge in [0.15, 0.2) is 5.78 Å². The largest absolute Gasteiger partial charge is 0.496 e. The molecule has 0 saturated heterocycles. The predicted octanol–water partition coefficient (Wildman–Crippen LogP) is 3.82. The van der Waals surface area contributed by atoms with Gasteiger partial charge in [0.05, 0.1) is 18.2 Å². The lowest BCUT2D eigenvalue weighted by atomic mass is 9.96. The first-order valence-corrected chi connectivity index (χ1v) is 6.09. The molecule has 0 aliphatic rings. The summed E-state index contributed by atoms with van der Waals surface area (Å²) in [4.78, 5) is 12.4. The number of carbonyl (C=O) groups is 1. The summed E-state index contributed by atoms with van der Waals surface area (Å²) in [5.41, 5.74) is 1.76. The lowest BCUT2D eigenvalue weighted by Gasteiger charge is -2.12. The van der Waals surface area contributed by atoms with E-state index in [1.54, 1.807) is 13.0 Å². The van der Waals surface area contributed by atoms with Gasteiger partial charge in [-0.3, -0.25) is 4.79 Å². The second kappa shape index (κ2) is 5.41. The highest BCUT2D eigenvalue weighted by molar-refractivity contribution is 6.11. The fourth-order valence-corrected chi connectivity index (χ4v) is 2.19. The van der Waals surface area contributed by atoms with Crippen LogP contribution >= 0.6 is 0 Å². The number of ketones is 1. The monoisotopic (exact) mass is 276 g/mol. The normalized spacial score (nSPS) is 10.4. The van der Waals surface area contributed by atoms with Gasteiger partial charge in [-0.15, -0.1) is 0 Å². The number of halogens is 2. The number of methoxy groups -OCH3 is 1. The van der Waals surface area contributed by atoms with Crippen molar-refractivity contribution < 1.29 is 18.3 Å². The highest BCUT2D eigenvalue weighted by Crippen LogP contribution is 2.27. The minimum Gasteiger partial charge on any atom is -0.496 e. The van der Waals surface area contributed by atoms with E-state index in [0.717, 1.165) is 17.7 Å². The van der Waals surface area contributed by atoms with Crippen molar-refractivity contribution in [2.24, 2.45) is 0 Å². The van der Waals surface area contributed by atoms with Crippen LogP contribution in [0.2, 0.25) is 0 Å². The van der Waals surface area contributed by atoms with E-state index in [0.29, 0.717) is 22.9 Å². The second-order valence-corrected chi connectivity index (χ2v) is 4.61. The zero-order chi connectivity index (χ0) is 14.9. The van der Waals surface area contributed by atoms with E-state index in [-0.39, 0.29) is 5.56 Å². The maximum atomic E-state index is 13.7. The number of hydrogen-bond donors (Lipinski definition) is 0. The van der Waals surface area contributed by atoms with Crippen molar-refractivity contribution in [1.29, 1.82) is 0 Å². The Balaban J connectivity index is 2.59. The molecule has 0 radical (unpaired) electrons. The van der Waals surface area contributed by atoms with Crippen LogP contribution < -0.4 is 4.74 Å². The van der Waals surface area contributed by atoms with E-state index in [4.69, 9.17) is 4.74 Å². The van der Waals surface area contributed by atoms with E-state index < -0.39 is 17.4 Å². The van der Waals surface area contributed by atoms with Gasteiger partial charge in [-0.05, 0) is 43.2 Å². The molecule has 0 saturated carbocycles. The third-order valence-electron chi connectivity index (χ3n) is 3.07. The molecule has 0 aliphatic heterocycles. The van der Waals surface area contributed by atoms with E-state index >= 15 is 0 Å². The van der Waals surface area contributed by atoms with Crippen LogP contribution in [-0.2, 0) is 0 Å². The Labute approximate surface area is 116 Å². The number of benzene rings is 2. The molecule has 0 unspecified atom stereocenters. The van der Waals surface area contributed by atoms with Gasteiger partial charge in [-0.2, -0.15) is 0 Å². The molecule has 4 heteroatoms. The number of ether oxygens (including phenoxy) is 1. The molecule has 2 aromatic rings. The first-order chi connectivity index (χ1) is 9.43. The van der Waals surface area contributed by atoms with Crippen molar-refractivity contribution in [2.75, 3.05) is 7.11 Å². The summed E-state index contributed by atoms with van der Waals surface area (Å²) < 4.78 is 31.8. The Morgan fingerprint density at radius 3 is 2.40 bits per heavy atom. The van der Waals surface area contributed by atoms with Crippen molar-refractivity contribution in [1.82, 2.24) is 0 Å². The van der Waals surface area contributed by atoms with E-state index in [1.807, 2.05) is 13.0 Å². The molecule has 2 nitrogen and oxygen atoms in total. The van der Waals surface area contributed by atoms with Crippen molar-refractivity contribution in [3.05, 3.63) is 64.2 Å². The quantitative estimate of drug-likeness (QED) is 0.797. The van der Waals surface area contributed by atoms with Gasteiger partial charge in [0.2, 0.25) is 0 Å². The standard InChI is InChI=1S/C16H14F2O2/c1-9-6-10(2)15(14(7-9)20-3)16(19)12-5-4-11(17)8-13(12)18/h4-8H,1-3H3. The molecule has 0 spiro atoms. The van der Waals surface area contributed by atoms with Crippen molar-refractivity contribution in [3.63, 3.8) is 0 Å². The molecule has 20 heavy (non-hydrogen) atoms. The Morgan fingerprint density at radius 2 is 1.80 bits per heavy atom. The minimum atomic E-state index is -0.878. The molecule has 0 amide bonds. The maximum Gasteiger partial charge on any atom is 0.199 e. The third kappa shape index (κ3) is 2.54. The second-order valence-electron chi connectivity index (χ2n) is 4.61. The SMILES string of the molecule is COc1cc(C)cc(C)c1C(=O)c1ccc(F)cc1F.